The molecule has 0 heterocycles. The molecule has 0 bridgehead atoms. The maximum atomic E-state index is 12.1. The molecule has 114 valence electrons. The Hall–Kier alpha value is -2.44. The van der Waals surface area contributed by atoms with Crippen LogP contribution in [0, 0.1) is 23.0 Å². The minimum absolute atomic E-state index is 0.0950. The van der Waals surface area contributed by atoms with Gasteiger partial charge in [0.25, 0.3) is 11.6 Å². The van der Waals surface area contributed by atoms with Gasteiger partial charge in [0.1, 0.15) is 6.04 Å². The number of nitrogens with one attached hydrogen (secondary N) is 1. The lowest BCUT2D eigenvalue weighted by Gasteiger charge is -2.17. The topological polar surface area (TPSA) is 110 Å². The third kappa shape index (κ3) is 4.55. The lowest BCUT2D eigenvalue weighted by Crippen LogP contribution is -2.41. The number of non-ortho nitro benzene ring substituents is 1. The number of aryl methyl sites for hydroxylation is 1. The van der Waals surface area contributed by atoms with Crippen LogP contribution in [0.3, 0.4) is 0 Å². The highest BCUT2D eigenvalue weighted by molar-refractivity contribution is 5.98. The number of carboxylic acids is 1. The Morgan fingerprint density at radius 1 is 1.38 bits per heavy atom. The molecule has 0 radical (unpaired) electrons. The predicted octanol–water partition coefficient (Wildman–Crippen LogP) is 2.13. The van der Waals surface area contributed by atoms with Crippen LogP contribution in [0.2, 0.25) is 0 Å². The predicted molar refractivity (Wildman–Crippen MR) is 76.2 cm³/mol. The molecule has 0 saturated heterocycles. The Kier molecular flexibility index (Phi) is 5.40. The van der Waals surface area contributed by atoms with Crippen LogP contribution in [0.15, 0.2) is 18.2 Å². The van der Waals surface area contributed by atoms with Gasteiger partial charge in [0.05, 0.1) is 4.92 Å². The second kappa shape index (κ2) is 6.83. The third-order valence-electron chi connectivity index (χ3n) is 2.99. The van der Waals surface area contributed by atoms with E-state index in [9.17, 15) is 19.7 Å². The van der Waals surface area contributed by atoms with E-state index in [2.05, 4.69) is 5.32 Å². The molecule has 7 heteroatoms. The fourth-order valence-corrected chi connectivity index (χ4v) is 1.90. The minimum Gasteiger partial charge on any atom is -0.480 e. The van der Waals surface area contributed by atoms with Crippen LogP contribution < -0.4 is 5.32 Å². The summed E-state index contributed by atoms with van der Waals surface area (Å²) in [4.78, 5) is 33.4. The van der Waals surface area contributed by atoms with Crippen molar-refractivity contribution in [3.8, 4) is 0 Å². The molecule has 1 unspecified atom stereocenters. The van der Waals surface area contributed by atoms with Crippen LogP contribution in [0.25, 0.3) is 0 Å². The van der Waals surface area contributed by atoms with E-state index in [1.165, 1.54) is 12.1 Å². The van der Waals surface area contributed by atoms with Crippen molar-refractivity contribution in [2.24, 2.45) is 5.92 Å². The molecule has 7 nitrogen and oxygen atoms in total. The molecule has 0 aromatic heterocycles. The fraction of sp³-hybridized carbons (Fsp3) is 0.429. The summed E-state index contributed by atoms with van der Waals surface area (Å²) >= 11 is 0. The van der Waals surface area contributed by atoms with Crippen LogP contribution in [0.1, 0.15) is 36.2 Å². The average Bonchev–Trinajstić information content (AvgIpc) is 2.37. The molecule has 0 aliphatic heterocycles. The molecule has 0 fully saturated rings. The van der Waals surface area contributed by atoms with E-state index in [-0.39, 0.29) is 23.6 Å². The zero-order valence-corrected chi connectivity index (χ0v) is 12.1. The van der Waals surface area contributed by atoms with Crippen LogP contribution in [-0.4, -0.2) is 27.9 Å². The van der Waals surface area contributed by atoms with Gasteiger partial charge in [0, 0.05) is 17.7 Å². The number of amides is 1. The molecule has 2 N–H and O–H groups in total. The number of carbonyl (C=O) groups is 2. The summed E-state index contributed by atoms with van der Waals surface area (Å²) in [6.07, 6.45) is 0.287. The monoisotopic (exact) mass is 294 g/mol. The molecular weight excluding hydrogens is 276 g/mol. The lowest BCUT2D eigenvalue weighted by atomic mass is 10.0. The number of carbonyl (C=O) groups excluding carboxylic acids is 1. The van der Waals surface area contributed by atoms with Crippen molar-refractivity contribution in [1.29, 1.82) is 0 Å². The largest absolute Gasteiger partial charge is 0.480 e. The summed E-state index contributed by atoms with van der Waals surface area (Å²) < 4.78 is 0. The molecule has 1 aromatic carbocycles. The van der Waals surface area contributed by atoms with E-state index in [1.807, 2.05) is 13.8 Å². The Balaban J connectivity index is 2.99. The van der Waals surface area contributed by atoms with E-state index < -0.39 is 22.8 Å². The molecule has 0 spiro atoms. The van der Waals surface area contributed by atoms with Crippen molar-refractivity contribution in [2.75, 3.05) is 0 Å². The number of nitrogens with zero attached hydrogens (tertiary/aromatic N) is 1. The summed E-state index contributed by atoms with van der Waals surface area (Å²) in [5.41, 5.74) is 0.451. The number of carboxylic acid groups (broad SMARTS) is 1. The first kappa shape index (κ1) is 16.6. The van der Waals surface area contributed by atoms with Gasteiger partial charge in [0.15, 0.2) is 0 Å². The first-order chi connectivity index (χ1) is 9.72. The van der Waals surface area contributed by atoms with Crippen molar-refractivity contribution < 1.29 is 19.6 Å². The Morgan fingerprint density at radius 3 is 2.48 bits per heavy atom. The number of nitro benzene ring substituents is 1. The van der Waals surface area contributed by atoms with E-state index in [4.69, 9.17) is 5.11 Å². The molecular formula is C14H18N2O5. The van der Waals surface area contributed by atoms with Crippen LogP contribution in [0.5, 0.6) is 0 Å². The summed E-state index contributed by atoms with van der Waals surface area (Å²) in [5, 5.41) is 22.3. The van der Waals surface area contributed by atoms with Crippen LogP contribution >= 0.6 is 0 Å². The quantitative estimate of drug-likeness (QED) is 0.617. The van der Waals surface area contributed by atoms with E-state index in [0.29, 0.717) is 5.56 Å². The second-order valence-corrected chi connectivity index (χ2v) is 5.25. The molecule has 1 aromatic rings. The van der Waals surface area contributed by atoms with Crippen molar-refractivity contribution >= 4 is 17.6 Å². The van der Waals surface area contributed by atoms with E-state index >= 15 is 0 Å². The summed E-state index contributed by atoms with van der Waals surface area (Å²) in [6.45, 7) is 5.33. The number of rotatable bonds is 6. The van der Waals surface area contributed by atoms with Crippen LogP contribution in [0.4, 0.5) is 5.69 Å². The summed E-state index contributed by atoms with van der Waals surface area (Å²) in [7, 11) is 0. The van der Waals surface area contributed by atoms with E-state index in [0.717, 1.165) is 6.07 Å². The van der Waals surface area contributed by atoms with Gasteiger partial charge >= 0.3 is 5.97 Å². The van der Waals surface area contributed by atoms with Gasteiger partial charge in [0.2, 0.25) is 0 Å². The molecule has 21 heavy (non-hydrogen) atoms. The van der Waals surface area contributed by atoms with Gasteiger partial charge < -0.3 is 10.4 Å². The molecule has 1 atom stereocenters. The first-order valence-electron chi connectivity index (χ1n) is 6.51. The minimum atomic E-state index is -1.12. The highest BCUT2D eigenvalue weighted by Crippen LogP contribution is 2.17. The van der Waals surface area contributed by atoms with Gasteiger partial charge in [-0.25, -0.2) is 4.79 Å². The normalized spacial score (nSPS) is 12.0. The van der Waals surface area contributed by atoms with Crippen LogP contribution in [-0.2, 0) is 4.79 Å². The summed E-state index contributed by atoms with van der Waals surface area (Å²) in [6, 6.07) is 2.90. The molecule has 0 saturated carbocycles. The number of nitro groups is 1. The van der Waals surface area contributed by atoms with Gasteiger partial charge in [-0.3, -0.25) is 14.9 Å². The van der Waals surface area contributed by atoms with Gasteiger partial charge in [-0.2, -0.15) is 0 Å². The van der Waals surface area contributed by atoms with Crippen molar-refractivity contribution in [2.45, 2.75) is 33.2 Å². The average molecular weight is 294 g/mol. The van der Waals surface area contributed by atoms with Gasteiger partial charge in [-0.05, 0) is 24.8 Å². The molecule has 1 amide bonds. The maximum absolute atomic E-state index is 12.1. The van der Waals surface area contributed by atoms with Crippen molar-refractivity contribution in [3.63, 3.8) is 0 Å². The number of hydrogen-bond acceptors (Lipinski definition) is 4. The SMILES string of the molecule is Cc1ccc([N+](=O)[O-])cc1C(=O)NC(CC(C)C)C(=O)O. The Labute approximate surface area is 122 Å². The zero-order chi connectivity index (χ0) is 16.2. The van der Waals surface area contributed by atoms with Gasteiger partial charge in [-0.1, -0.05) is 19.9 Å². The van der Waals surface area contributed by atoms with E-state index in [1.54, 1.807) is 6.92 Å². The standard InChI is InChI=1S/C14H18N2O5/c1-8(2)6-12(14(18)19)15-13(17)11-7-10(16(20)21)5-4-9(11)3/h4-5,7-8,12H,6H2,1-3H3,(H,15,17)(H,18,19). The summed E-state index contributed by atoms with van der Waals surface area (Å²) in [5.74, 6) is -1.65. The number of aliphatic carboxylic acids is 1. The highest BCUT2D eigenvalue weighted by Gasteiger charge is 2.23. The highest BCUT2D eigenvalue weighted by atomic mass is 16.6. The smallest absolute Gasteiger partial charge is 0.326 e. The zero-order valence-electron chi connectivity index (χ0n) is 12.1. The Morgan fingerprint density at radius 2 is 2.00 bits per heavy atom. The second-order valence-electron chi connectivity index (χ2n) is 5.25. The number of hydrogen-bond donors (Lipinski definition) is 2. The Bertz CT molecular complexity index is 568. The first-order valence-corrected chi connectivity index (χ1v) is 6.51. The van der Waals surface area contributed by atoms with Gasteiger partial charge in [-0.15, -0.1) is 0 Å². The fourth-order valence-electron chi connectivity index (χ4n) is 1.90. The lowest BCUT2D eigenvalue weighted by molar-refractivity contribution is -0.384. The molecule has 0 aliphatic carbocycles. The van der Waals surface area contributed by atoms with Crippen molar-refractivity contribution in [1.82, 2.24) is 5.32 Å². The maximum Gasteiger partial charge on any atom is 0.326 e. The number of benzene rings is 1. The molecule has 0 aliphatic rings. The third-order valence-corrected chi connectivity index (χ3v) is 2.99. The molecule has 1 rings (SSSR count). The van der Waals surface area contributed by atoms with Crippen molar-refractivity contribution in [3.05, 3.63) is 39.4 Å².